The molecule has 6 heterocycles. The fraction of sp³-hybridized carbons (Fsp3) is 0.391. The van der Waals surface area contributed by atoms with E-state index >= 15 is 0 Å². The number of fused-ring (bicyclic) bond motifs is 4. The van der Waals surface area contributed by atoms with Crippen LogP contribution in [0, 0.1) is 0 Å². The van der Waals surface area contributed by atoms with E-state index in [9.17, 15) is 28.8 Å². The Bertz CT molecular complexity index is 2920. The molecular weight excluding hydrogens is 1020 g/mol. The van der Waals surface area contributed by atoms with Crippen LogP contribution in [-0.4, -0.2) is 84.6 Å². The number of rotatable bonds is 10. The van der Waals surface area contributed by atoms with E-state index in [4.69, 9.17) is 4.74 Å². The summed E-state index contributed by atoms with van der Waals surface area (Å²) in [4.78, 5) is 67.2. The van der Waals surface area contributed by atoms with Crippen molar-refractivity contribution in [3.63, 3.8) is 0 Å². The van der Waals surface area contributed by atoms with Gasteiger partial charge in [-0.05, 0) is 142 Å². The van der Waals surface area contributed by atoms with E-state index in [1.165, 1.54) is 44.5 Å². The molecule has 0 aliphatic carbocycles. The third kappa shape index (κ3) is 18.8. The van der Waals surface area contributed by atoms with Crippen molar-refractivity contribution in [2.24, 2.45) is 0 Å². The van der Waals surface area contributed by atoms with E-state index in [0.29, 0.717) is 12.6 Å². The zero-order chi connectivity index (χ0) is 58.4. The number of nitrogens with one attached hydrogen (secondary N) is 6. The first-order valence-corrected chi connectivity index (χ1v) is 29.1. The third-order valence-corrected chi connectivity index (χ3v) is 15.9. The minimum Gasteiger partial charge on any atom is -0.372 e. The van der Waals surface area contributed by atoms with Crippen LogP contribution in [0.3, 0.4) is 0 Å². The Balaban J connectivity index is 0.000000142. The van der Waals surface area contributed by atoms with Crippen LogP contribution in [0.2, 0.25) is 0 Å². The minimum atomic E-state index is -0.0788. The number of ether oxygens (including phenoxy) is 1. The first-order valence-electron chi connectivity index (χ1n) is 29.1. The van der Waals surface area contributed by atoms with Crippen molar-refractivity contribution >= 4 is 34.7 Å². The number of carbonyl (C=O) groups is 6. The number of Topliss-reactive ketones (excluding diaryl/α,β-unsaturated/α-hetero) is 6. The molecule has 12 rings (SSSR count). The highest BCUT2D eigenvalue weighted by molar-refractivity contribution is 5.85. The molecule has 6 aromatic rings. The molecule has 432 valence electrons. The van der Waals surface area contributed by atoms with Crippen molar-refractivity contribution in [3.8, 4) is 0 Å². The summed E-state index contributed by atoms with van der Waals surface area (Å²) >= 11 is 0. The monoisotopic (exact) mass is 1110 g/mol. The van der Waals surface area contributed by atoms with E-state index in [0.717, 1.165) is 88.8 Å². The second kappa shape index (κ2) is 32.0. The predicted molar refractivity (Wildman–Crippen MR) is 324 cm³/mol. The van der Waals surface area contributed by atoms with Gasteiger partial charge in [-0.15, -0.1) is 0 Å². The first-order chi connectivity index (χ1) is 39.6. The molecule has 6 aliphatic rings. The van der Waals surface area contributed by atoms with E-state index in [1.807, 2.05) is 109 Å². The second-order valence-corrected chi connectivity index (χ2v) is 22.0. The predicted octanol–water partition coefficient (Wildman–Crippen LogP) is 9.10. The molecule has 13 heteroatoms. The Labute approximate surface area is 485 Å². The zero-order valence-corrected chi connectivity index (χ0v) is 48.7. The number of carbonyl (C=O) groups excluding carboxylic acids is 6. The summed E-state index contributed by atoms with van der Waals surface area (Å²) in [5, 5.41) is 19.4. The van der Waals surface area contributed by atoms with Gasteiger partial charge in [-0.25, -0.2) is 0 Å². The van der Waals surface area contributed by atoms with Gasteiger partial charge in [0.2, 0.25) is 0 Å². The average molecular weight is 1110 g/mol. The van der Waals surface area contributed by atoms with Crippen molar-refractivity contribution in [2.75, 3.05) is 19.6 Å². The molecule has 6 N–H and O–H groups in total. The number of hydrogen-bond donors (Lipinski definition) is 6. The highest BCUT2D eigenvalue weighted by atomic mass is 16.5. The molecular formula is C69H84N6O7. The Morgan fingerprint density at radius 3 is 1.26 bits per heavy atom. The molecule has 82 heavy (non-hydrogen) atoms. The average Bonchev–Trinajstić information content (AvgIpc) is 4.22. The fourth-order valence-corrected chi connectivity index (χ4v) is 11.2. The van der Waals surface area contributed by atoms with Crippen molar-refractivity contribution in [1.82, 2.24) is 31.9 Å². The number of benzene rings is 6. The van der Waals surface area contributed by atoms with E-state index in [1.54, 1.807) is 41.5 Å². The van der Waals surface area contributed by atoms with Crippen molar-refractivity contribution in [2.45, 2.75) is 155 Å². The van der Waals surface area contributed by atoms with Crippen molar-refractivity contribution < 1.29 is 33.5 Å². The van der Waals surface area contributed by atoms with Gasteiger partial charge in [-0.3, -0.25) is 28.8 Å². The Morgan fingerprint density at radius 1 is 0.415 bits per heavy atom. The lowest BCUT2D eigenvalue weighted by atomic mass is 9.92. The van der Waals surface area contributed by atoms with Crippen LogP contribution in [0.4, 0.5) is 0 Å². The largest absolute Gasteiger partial charge is 0.372 e. The molecule has 0 amide bonds. The number of ketones is 6. The minimum absolute atomic E-state index is 0.0132. The Hall–Kier alpha value is -6.94. The maximum atomic E-state index is 11.3. The highest BCUT2D eigenvalue weighted by Crippen LogP contribution is 2.27. The van der Waals surface area contributed by atoms with Crippen molar-refractivity contribution in [1.29, 1.82) is 0 Å². The van der Waals surface area contributed by atoms with Crippen LogP contribution in [0.25, 0.3) is 0 Å². The van der Waals surface area contributed by atoms with Crippen LogP contribution in [0.5, 0.6) is 0 Å². The molecule has 2 fully saturated rings. The summed E-state index contributed by atoms with van der Waals surface area (Å²) in [6, 6.07) is 53.6. The summed E-state index contributed by atoms with van der Waals surface area (Å²) in [5.41, 5.74) is 12.6. The molecule has 0 unspecified atom stereocenters. The molecule has 13 nitrogen and oxygen atoms in total. The molecule has 0 bridgehead atoms. The number of hydrogen-bond acceptors (Lipinski definition) is 13. The third-order valence-electron chi connectivity index (χ3n) is 15.9. The lowest BCUT2D eigenvalue weighted by Gasteiger charge is -2.24. The SMILES string of the molecule is CC(=O)[C@@H]1CC[C@H](c2ccccc2)N1.CC(=O)[C@@H]1C[C@@H](OCc2ccccc2)CN1.CC(=O)[C@@H]1Cc2ccccc2CN1.CC(=O)[C@@H]1NCCc2ccccc21.CC(=O)[C@H]1Cc2ccccc2CN1.CC(=O)[C@H]1NCCc2ccccc21. The summed E-state index contributed by atoms with van der Waals surface area (Å²) in [7, 11) is 0. The molecule has 6 aromatic carbocycles. The summed E-state index contributed by atoms with van der Waals surface area (Å²) in [6.45, 7) is 14.7. The topological polar surface area (TPSA) is 184 Å². The zero-order valence-electron chi connectivity index (χ0n) is 48.7. The first kappa shape index (κ1) is 62.7. The standard InChI is InChI=1S/C13H17NO2.C12H15NO.4C11H13NO/c1-10(15)13-7-12(8-14-13)16-9-11-5-3-2-4-6-11;1-9(14)11-7-8-12(13-11)10-5-3-2-4-6-10;2*1-8(13)11-6-9-4-2-3-5-10(9)7-12-11;2*1-8(13)11-10-5-3-2-4-9(10)6-7-12-11/h2-6,12-14H,7-9H2,1H3;2-6,11-13H,7-8H2,1H3;4*2-5,11-12H,6-7H2,1H3/t12-,13+;11-,12+;4*11-/m101010/s1. The van der Waals surface area contributed by atoms with Gasteiger partial charge in [-0.1, -0.05) is 158 Å². The van der Waals surface area contributed by atoms with Crippen LogP contribution < -0.4 is 31.9 Å². The van der Waals surface area contributed by atoms with Gasteiger partial charge in [0, 0.05) is 38.8 Å². The lowest BCUT2D eigenvalue weighted by Crippen LogP contribution is -2.40. The molecule has 8 atom stereocenters. The molecule has 0 aromatic heterocycles. The normalized spacial score (nSPS) is 22.5. The summed E-state index contributed by atoms with van der Waals surface area (Å²) in [6.07, 6.45) is 6.72. The summed E-state index contributed by atoms with van der Waals surface area (Å²) in [5.74, 6) is 1.32. The van der Waals surface area contributed by atoms with Crippen LogP contribution in [0.1, 0.15) is 135 Å². The molecule has 2 saturated heterocycles. The van der Waals surface area contributed by atoms with E-state index in [-0.39, 0.29) is 77.1 Å². The van der Waals surface area contributed by atoms with Gasteiger partial charge >= 0.3 is 0 Å². The molecule has 0 spiro atoms. The Morgan fingerprint density at radius 2 is 0.829 bits per heavy atom. The quantitative estimate of drug-likeness (QED) is 0.0765. The smallest absolute Gasteiger partial charge is 0.151 e. The van der Waals surface area contributed by atoms with Crippen LogP contribution in [-0.2, 0) is 78.9 Å². The van der Waals surface area contributed by atoms with E-state index in [2.05, 4.69) is 80.4 Å². The highest BCUT2D eigenvalue weighted by Gasteiger charge is 2.29. The van der Waals surface area contributed by atoms with Gasteiger partial charge in [0.05, 0.1) is 49.0 Å². The van der Waals surface area contributed by atoms with E-state index < -0.39 is 0 Å². The van der Waals surface area contributed by atoms with Gasteiger partial charge in [0.15, 0.2) is 11.6 Å². The second-order valence-electron chi connectivity index (χ2n) is 22.0. The van der Waals surface area contributed by atoms with Gasteiger partial charge < -0.3 is 36.6 Å². The Kier molecular flexibility index (Phi) is 24.5. The maximum absolute atomic E-state index is 11.3. The van der Waals surface area contributed by atoms with Crippen molar-refractivity contribution in [3.05, 3.63) is 213 Å². The van der Waals surface area contributed by atoms with Crippen LogP contribution >= 0.6 is 0 Å². The molecule has 0 saturated carbocycles. The molecule has 0 radical (unpaired) electrons. The maximum Gasteiger partial charge on any atom is 0.151 e. The van der Waals surface area contributed by atoms with Gasteiger partial charge in [-0.2, -0.15) is 0 Å². The lowest BCUT2D eigenvalue weighted by molar-refractivity contribution is -0.120. The van der Waals surface area contributed by atoms with Gasteiger partial charge in [0.25, 0.3) is 0 Å². The fourth-order valence-electron chi connectivity index (χ4n) is 11.2. The molecule has 6 aliphatic heterocycles. The van der Waals surface area contributed by atoms with Crippen LogP contribution in [0.15, 0.2) is 158 Å². The summed E-state index contributed by atoms with van der Waals surface area (Å²) < 4.78 is 5.75. The van der Waals surface area contributed by atoms with Gasteiger partial charge in [0.1, 0.15) is 23.1 Å².